The number of guanidine groups is 1. The summed E-state index contributed by atoms with van der Waals surface area (Å²) < 4.78 is 0. The quantitative estimate of drug-likeness (QED) is 0.275. The van der Waals surface area contributed by atoms with Crippen LogP contribution in [0.2, 0.25) is 10.0 Å². The van der Waals surface area contributed by atoms with Crippen molar-refractivity contribution in [1.29, 1.82) is 0 Å². The zero-order valence-corrected chi connectivity index (χ0v) is 22.0. The molecule has 0 atom stereocenters. The van der Waals surface area contributed by atoms with Crippen LogP contribution in [0.25, 0.3) is 0 Å². The second kappa shape index (κ2) is 13.5. The molecule has 5 nitrogen and oxygen atoms in total. The molecule has 1 aromatic carbocycles. The van der Waals surface area contributed by atoms with Crippen LogP contribution in [0.3, 0.4) is 0 Å². The van der Waals surface area contributed by atoms with Crippen molar-refractivity contribution in [2.45, 2.75) is 45.7 Å². The number of halogens is 3. The normalized spacial score (nSPS) is 15.4. The molecule has 1 saturated heterocycles. The van der Waals surface area contributed by atoms with Crippen LogP contribution in [-0.4, -0.2) is 48.1 Å². The van der Waals surface area contributed by atoms with Gasteiger partial charge in [0.2, 0.25) is 0 Å². The summed E-state index contributed by atoms with van der Waals surface area (Å²) in [6.07, 6.45) is 6.87. The first-order valence-electron chi connectivity index (χ1n) is 10.7. The van der Waals surface area contributed by atoms with E-state index in [9.17, 15) is 0 Å². The summed E-state index contributed by atoms with van der Waals surface area (Å²) in [7, 11) is 0. The van der Waals surface area contributed by atoms with Gasteiger partial charge in [0, 0.05) is 51.2 Å². The molecule has 0 amide bonds. The van der Waals surface area contributed by atoms with Crippen molar-refractivity contribution in [3.05, 3.63) is 63.4 Å². The first kappa shape index (κ1) is 26.2. The predicted octanol–water partition coefficient (Wildman–Crippen LogP) is 5.08. The van der Waals surface area contributed by atoms with Crippen molar-refractivity contribution in [2.75, 3.05) is 26.2 Å². The van der Waals surface area contributed by atoms with Crippen LogP contribution in [0, 0.1) is 6.92 Å². The number of likely N-dealkylation sites (tertiary alicyclic amines) is 1. The summed E-state index contributed by atoms with van der Waals surface area (Å²) in [4.78, 5) is 11.4. The van der Waals surface area contributed by atoms with E-state index in [-0.39, 0.29) is 24.0 Å². The van der Waals surface area contributed by atoms with E-state index in [1.165, 1.54) is 16.7 Å². The van der Waals surface area contributed by atoms with Gasteiger partial charge in [0.15, 0.2) is 5.96 Å². The molecule has 0 unspecified atom stereocenters. The summed E-state index contributed by atoms with van der Waals surface area (Å²) in [5.41, 5.74) is 3.73. The van der Waals surface area contributed by atoms with E-state index in [2.05, 4.69) is 46.5 Å². The van der Waals surface area contributed by atoms with E-state index < -0.39 is 0 Å². The molecular weight excluding hydrogens is 544 g/mol. The van der Waals surface area contributed by atoms with Gasteiger partial charge < -0.3 is 10.6 Å². The summed E-state index contributed by atoms with van der Waals surface area (Å²) >= 11 is 12.2. The molecule has 0 bridgehead atoms. The van der Waals surface area contributed by atoms with Crippen molar-refractivity contribution >= 4 is 53.1 Å². The molecule has 2 aromatic rings. The second-order valence-corrected chi connectivity index (χ2v) is 8.57. The second-order valence-electron chi connectivity index (χ2n) is 7.76. The lowest BCUT2D eigenvalue weighted by atomic mass is 10.0. The van der Waals surface area contributed by atoms with E-state index in [1.54, 1.807) is 0 Å². The molecule has 0 radical (unpaired) electrons. The number of benzene rings is 1. The summed E-state index contributed by atoms with van der Waals surface area (Å²) in [6, 6.07) is 8.42. The van der Waals surface area contributed by atoms with E-state index >= 15 is 0 Å². The fourth-order valence-electron chi connectivity index (χ4n) is 3.72. The van der Waals surface area contributed by atoms with Gasteiger partial charge in [0.25, 0.3) is 0 Å². The zero-order valence-electron chi connectivity index (χ0n) is 18.2. The van der Waals surface area contributed by atoms with Gasteiger partial charge in [-0.05, 0) is 68.0 Å². The number of aromatic nitrogens is 1. The number of nitrogens with zero attached hydrogens (tertiary/aromatic N) is 3. The summed E-state index contributed by atoms with van der Waals surface area (Å²) in [5, 5.41) is 8.23. The van der Waals surface area contributed by atoms with Crippen LogP contribution in [0.1, 0.15) is 36.5 Å². The third kappa shape index (κ3) is 8.40. The minimum absolute atomic E-state index is 0. The monoisotopic (exact) mass is 575 g/mol. The number of pyridine rings is 1. The Hall–Kier alpha value is -1.09. The van der Waals surface area contributed by atoms with Crippen LogP contribution in [0.4, 0.5) is 0 Å². The van der Waals surface area contributed by atoms with E-state index in [4.69, 9.17) is 28.2 Å². The zero-order chi connectivity index (χ0) is 21.3. The predicted molar refractivity (Wildman–Crippen MR) is 142 cm³/mol. The molecule has 0 aliphatic carbocycles. The molecule has 3 rings (SSSR count). The standard InChI is InChI=1S/C23H31Cl2N5.HI/c1-3-27-23(28-11-7-19-6-10-26-15-17(19)2)29-20-8-12-30(13-9-20)16-18-4-5-21(24)22(25)14-18;/h4-6,10,14-15,20H,3,7-9,11-13,16H2,1-2H3,(H2,27,28,29);1H. The Balaban J connectivity index is 0.00000341. The van der Waals surface area contributed by atoms with Crippen LogP contribution in [0.15, 0.2) is 41.7 Å². The molecule has 0 spiro atoms. The van der Waals surface area contributed by atoms with Gasteiger partial charge in [0.1, 0.15) is 0 Å². The molecule has 1 aliphatic heterocycles. The fourth-order valence-corrected chi connectivity index (χ4v) is 4.04. The molecule has 1 aromatic heterocycles. The van der Waals surface area contributed by atoms with Gasteiger partial charge in [-0.3, -0.25) is 14.9 Å². The Labute approximate surface area is 213 Å². The van der Waals surface area contributed by atoms with Gasteiger partial charge in [0.05, 0.1) is 10.0 Å². The number of rotatable bonds is 7. The molecule has 1 fully saturated rings. The maximum absolute atomic E-state index is 6.15. The topological polar surface area (TPSA) is 52.6 Å². The largest absolute Gasteiger partial charge is 0.357 e. The first-order valence-corrected chi connectivity index (χ1v) is 11.4. The number of aliphatic imine (C=N–C) groups is 1. The Morgan fingerprint density at radius 2 is 1.97 bits per heavy atom. The molecule has 2 heterocycles. The third-order valence-electron chi connectivity index (χ3n) is 5.45. The average molecular weight is 576 g/mol. The van der Waals surface area contributed by atoms with Crippen molar-refractivity contribution in [1.82, 2.24) is 20.5 Å². The van der Waals surface area contributed by atoms with Gasteiger partial charge in [-0.1, -0.05) is 29.3 Å². The van der Waals surface area contributed by atoms with Gasteiger partial charge >= 0.3 is 0 Å². The lowest BCUT2D eigenvalue weighted by molar-refractivity contribution is 0.198. The van der Waals surface area contributed by atoms with Crippen LogP contribution in [-0.2, 0) is 13.0 Å². The highest BCUT2D eigenvalue weighted by atomic mass is 127. The van der Waals surface area contributed by atoms with Crippen molar-refractivity contribution in [2.24, 2.45) is 4.99 Å². The number of piperidine rings is 1. The average Bonchev–Trinajstić information content (AvgIpc) is 2.74. The van der Waals surface area contributed by atoms with Gasteiger partial charge in [-0.15, -0.1) is 24.0 Å². The minimum atomic E-state index is 0. The SMILES string of the molecule is CCNC(=NCCc1ccncc1C)NC1CCN(Cc2ccc(Cl)c(Cl)c2)CC1.I. The van der Waals surface area contributed by atoms with E-state index in [1.807, 2.05) is 24.5 Å². The highest BCUT2D eigenvalue weighted by Gasteiger charge is 2.20. The van der Waals surface area contributed by atoms with Crippen molar-refractivity contribution in [3.63, 3.8) is 0 Å². The number of hydrogen-bond donors (Lipinski definition) is 2. The fraction of sp³-hybridized carbons (Fsp3) is 0.478. The maximum Gasteiger partial charge on any atom is 0.191 e. The first-order chi connectivity index (χ1) is 14.5. The number of hydrogen-bond acceptors (Lipinski definition) is 3. The lowest BCUT2D eigenvalue weighted by Crippen LogP contribution is -2.48. The Kier molecular flexibility index (Phi) is 11.4. The van der Waals surface area contributed by atoms with E-state index in [0.717, 1.165) is 57.9 Å². The number of nitrogens with one attached hydrogen (secondary N) is 2. The molecular formula is C23H32Cl2IN5. The highest BCUT2D eigenvalue weighted by molar-refractivity contribution is 14.0. The van der Waals surface area contributed by atoms with Crippen LogP contribution in [0.5, 0.6) is 0 Å². The lowest BCUT2D eigenvalue weighted by Gasteiger charge is -2.33. The third-order valence-corrected chi connectivity index (χ3v) is 6.19. The van der Waals surface area contributed by atoms with E-state index in [0.29, 0.717) is 16.1 Å². The van der Waals surface area contributed by atoms with Crippen molar-refractivity contribution in [3.8, 4) is 0 Å². The minimum Gasteiger partial charge on any atom is -0.357 e. The molecule has 8 heteroatoms. The van der Waals surface area contributed by atoms with Crippen LogP contribution >= 0.6 is 47.2 Å². The molecule has 2 N–H and O–H groups in total. The Morgan fingerprint density at radius 1 is 1.19 bits per heavy atom. The summed E-state index contributed by atoms with van der Waals surface area (Å²) in [6.45, 7) is 8.82. The smallest absolute Gasteiger partial charge is 0.191 e. The maximum atomic E-state index is 6.15. The Bertz CT molecular complexity index is 854. The van der Waals surface area contributed by atoms with Gasteiger partial charge in [-0.2, -0.15) is 0 Å². The molecule has 170 valence electrons. The van der Waals surface area contributed by atoms with Crippen molar-refractivity contribution < 1.29 is 0 Å². The molecule has 0 saturated carbocycles. The summed E-state index contributed by atoms with van der Waals surface area (Å²) in [5.74, 6) is 0.909. The molecule has 1 aliphatic rings. The van der Waals surface area contributed by atoms with Crippen LogP contribution < -0.4 is 10.6 Å². The number of aryl methyl sites for hydroxylation is 1. The highest BCUT2D eigenvalue weighted by Crippen LogP contribution is 2.24. The van der Waals surface area contributed by atoms with Gasteiger partial charge in [-0.25, -0.2) is 0 Å². The Morgan fingerprint density at radius 3 is 2.65 bits per heavy atom. The molecule has 31 heavy (non-hydrogen) atoms.